The van der Waals surface area contributed by atoms with Gasteiger partial charge >= 0.3 is 0 Å². The van der Waals surface area contributed by atoms with E-state index in [0.717, 1.165) is 6.07 Å². The van der Waals surface area contributed by atoms with E-state index in [0.29, 0.717) is 5.39 Å². The highest BCUT2D eigenvalue weighted by Crippen LogP contribution is 2.29. The molecule has 0 saturated heterocycles. The van der Waals surface area contributed by atoms with Crippen LogP contribution in [0, 0.1) is 0 Å². The van der Waals surface area contributed by atoms with Crippen LogP contribution in [0.1, 0.15) is 0 Å². The second-order valence-electron chi connectivity index (χ2n) is 4.72. The summed E-state index contributed by atoms with van der Waals surface area (Å²) in [5.41, 5.74) is 0. The van der Waals surface area contributed by atoms with Crippen molar-refractivity contribution in [1.82, 2.24) is 0 Å². The van der Waals surface area contributed by atoms with Crippen molar-refractivity contribution in [2.24, 2.45) is 0 Å². The van der Waals surface area contributed by atoms with Gasteiger partial charge in [-0.25, -0.2) is 0 Å². The minimum Gasteiger partial charge on any atom is -0.282 e. The molecule has 3 aromatic carbocycles. The Labute approximate surface area is 139 Å². The zero-order valence-electron chi connectivity index (χ0n) is 12.3. The summed E-state index contributed by atoms with van der Waals surface area (Å²) in [5, 5.41) is 0.452. The Balaban J connectivity index is 0.000000292. The van der Waals surface area contributed by atoms with Gasteiger partial charge < -0.3 is 0 Å². The van der Waals surface area contributed by atoms with E-state index in [-0.39, 0.29) is 5.39 Å². The second kappa shape index (κ2) is 7.10. The lowest BCUT2D eigenvalue weighted by molar-refractivity contribution is 0.467. The van der Waals surface area contributed by atoms with E-state index in [1.54, 1.807) is 12.1 Å². The first-order chi connectivity index (χ1) is 11.2. The Morgan fingerprint density at radius 1 is 0.583 bits per heavy atom. The molecule has 0 unspecified atom stereocenters. The van der Waals surface area contributed by atoms with Gasteiger partial charge in [-0.3, -0.25) is 9.11 Å². The molecule has 0 amide bonds. The molecule has 0 saturated carbocycles. The van der Waals surface area contributed by atoms with Gasteiger partial charge in [-0.05, 0) is 11.5 Å². The lowest BCUT2D eigenvalue weighted by Crippen LogP contribution is -2.09. The van der Waals surface area contributed by atoms with Crippen molar-refractivity contribution in [2.75, 3.05) is 0 Å². The quantitative estimate of drug-likeness (QED) is 0.675. The van der Waals surface area contributed by atoms with Crippen LogP contribution in [-0.4, -0.2) is 25.9 Å². The van der Waals surface area contributed by atoms with Crippen LogP contribution in [0.25, 0.3) is 10.8 Å². The highest BCUT2D eigenvalue weighted by atomic mass is 32.2. The van der Waals surface area contributed by atoms with Crippen LogP contribution in [0.5, 0.6) is 0 Å². The van der Waals surface area contributed by atoms with Gasteiger partial charge in [-0.1, -0.05) is 66.7 Å². The van der Waals surface area contributed by atoms with Crippen molar-refractivity contribution in [1.29, 1.82) is 0 Å². The van der Waals surface area contributed by atoms with E-state index in [4.69, 9.17) is 9.11 Å². The molecule has 0 aliphatic carbocycles. The fourth-order valence-corrected chi connectivity index (χ4v) is 4.08. The standard InChI is InChI=1S/C10H8O6S2.C6H6/c11-17(12,13)9-6-5-7-3-1-2-4-8(7)10(9)18(14,15)16;1-2-4-6-5-3-1/h1-6H,(H,11,12,13)(H,14,15,16);1-6H. The SMILES string of the molecule is O=S(=O)(O)c1ccc2ccccc2c1S(=O)(=O)O.c1ccccc1. The summed E-state index contributed by atoms with van der Waals surface area (Å²) >= 11 is 0. The molecule has 0 fully saturated rings. The lowest BCUT2D eigenvalue weighted by Gasteiger charge is -2.08. The fraction of sp³-hybridized carbons (Fsp3) is 0. The zero-order chi connectivity index (χ0) is 17.8. The number of rotatable bonds is 2. The van der Waals surface area contributed by atoms with Gasteiger partial charge in [0.05, 0.1) is 0 Å². The Kier molecular flexibility index (Phi) is 5.35. The third-order valence-corrected chi connectivity index (χ3v) is 5.03. The first-order valence-corrected chi connectivity index (χ1v) is 9.56. The maximum Gasteiger partial charge on any atom is 0.296 e. The maximum absolute atomic E-state index is 11.3. The van der Waals surface area contributed by atoms with Crippen molar-refractivity contribution in [3.63, 3.8) is 0 Å². The monoisotopic (exact) mass is 366 g/mol. The largest absolute Gasteiger partial charge is 0.296 e. The van der Waals surface area contributed by atoms with E-state index < -0.39 is 30.0 Å². The molecule has 6 nitrogen and oxygen atoms in total. The molecule has 2 N–H and O–H groups in total. The average molecular weight is 366 g/mol. The summed E-state index contributed by atoms with van der Waals surface area (Å²) in [6, 6.07) is 20.3. The van der Waals surface area contributed by atoms with Crippen LogP contribution in [0.3, 0.4) is 0 Å². The van der Waals surface area contributed by atoms with Crippen LogP contribution in [0.15, 0.2) is 82.6 Å². The molecular weight excluding hydrogens is 352 g/mol. The van der Waals surface area contributed by atoms with Crippen LogP contribution in [0.4, 0.5) is 0 Å². The zero-order valence-corrected chi connectivity index (χ0v) is 13.9. The molecule has 0 aromatic heterocycles. The topological polar surface area (TPSA) is 109 Å². The highest BCUT2D eigenvalue weighted by Gasteiger charge is 2.26. The second-order valence-corrected chi connectivity index (χ2v) is 7.47. The van der Waals surface area contributed by atoms with Crippen molar-refractivity contribution in [3.05, 3.63) is 72.8 Å². The summed E-state index contributed by atoms with van der Waals surface area (Å²) in [6.45, 7) is 0. The van der Waals surface area contributed by atoms with Gasteiger partial charge in [0.25, 0.3) is 20.2 Å². The van der Waals surface area contributed by atoms with Gasteiger partial charge in [-0.2, -0.15) is 16.8 Å². The molecule has 0 spiro atoms. The van der Waals surface area contributed by atoms with Crippen LogP contribution in [-0.2, 0) is 20.2 Å². The summed E-state index contributed by atoms with van der Waals surface area (Å²) in [6.07, 6.45) is 0. The molecule has 3 aromatic rings. The summed E-state index contributed by atoms with van der Waals surface area (Å²) in [5.74, 6) is 0. The van der Waals surface area contributed by atoms with Crippen LogP contribution in [0.2, 0.25) is 0 Å². The smallest absolute Gasteiger partial charge is 0.282 e. The molecule has 0 bridgehead atoms. The Morgan fingerprint density at radius 2 is 1.08 bits per heavy atom. The molecule has 0 aliphatic rings. The van der Waals surface area contributed by atoms with Gasteiger partial charge in [0, 0.05) is 5.39 Å². The molecule has 0 radical (unpaired) electrons. The van der Waals surface area contributed by atoms with Gasteiger partial charge in [0.1, 0.15) is 9.79 Å². The first kappa shape index (κ1) is 18.1. The van der Waals surface area contributed by atoms with Crippen molar-refractivity contribution in [2.45, 2.75) is 9.79 Å². The number of fused-ring (bicyclic) bond motifs is 1. The van der Waals surface area contributed by atoms with Crippen LogP contribution >= 0.6 is 0 Å². The minimum absolute atomic E-state index is 0.0233. The van der Waals surface area contributed by atoms with Gasteiger partial charge in [0.2, 0.25) is 0 Å². The molecular formula is C16H14O6S2. The molecule has 0 atom stereocenters. The minimum atomic E-state index is -4.78. The van der Waals surface area contributed by atoms with E-state index in [1.807, 2.05) is 36.4 Å². The third-order valence-electron chi connectivity index (χ3n) is 3.05. The van der Waals surface area contributed by atoms with E-state index in [1.165, 1.54) is 18.2 Å². The molecule has 0 aliphatic heterocycles. The first-order valence-electron chi connectivity index (χ1n) is 6.68. The van der Waals surface area contributed by atoms with Crippen LogP contribution < -0.4 is 0 Å². The molecule has 0 heterocycles. The highest BCUT2D eigenvalue weighted by molar-refractivity contribution is 7.89. The van der Waals surface area contributed by atoms with Crippen molar-refractivity contribution >= 4 is 31.0 Å². The molecule has 8 heteroatoms. The Bertz CT molecular complexity index is 1020. The van der Waals surface area contributed by atoms with Gasteiger partial charge in [-0.15, -0.1) is 0 Å². The number of hydrogen-bond donors (Lipinski definition) is 2. The van der Waals surface area contributed by atoms with E-state index in [2.05, 4.69) is 0 Å². The van der Waals surface area contributed by atoms with E-state index >= 15 is 0 Å². The Hall–Kier alpha value is -2.26. The molecule has 24 heavy (non-hydrogen) atoms. The van der Waals surface area contributed by atoms with Crippen molar-refractivity contribution in [3.8, 4) is 0 Å². The predicted octanol–water partition coefficient (Wildman–Crippen LogP) is 3.02. The fourth-order valence-electron chi connectivity index (χ4n) is 2.08. The molecule has 3 rings (SSSR count). The maximum atomic E-state index is 11.3. The van der Waals surface area contributed by atoms with E-state index in [9.17, 15) is 16.8 Å². The normalized spacial score (nSPS) is 11.6. The third kappa shape index (κ3) is 4.39. The number of benzene rings is 3. The number of hydrogen-bond acceptors (Lipinski definition) is 4. The predicted molar refractivity (Wildman–Crippen MR) is 90.0 cm³/mol. The van der Waals surface area contributed by atoms with Crippen molar-refractivity contribution < 1.29 is 25.9 Å². The summed E-state index contributed by atoms with van der Waals surface area (Å²) in [7, 11) is -9.53. The summed E-state index contributed by atoms with van der Waals surface area (Å²) < 4.78 is 63.0. The summed E-state index contributed by atoms with van der Waals surface area (Å²) in [4.78, 5) is -1.66. The molecule has 126 valence electrons. The van der Waals surface area contributed by atoms with Gasteiger partial charge in [0.15, 0.2) is 0 Å². The average Bonchev–Trinajstić information content (AvgIpc) is 2.54. The lowest BCUT2D eigenvalue weighted by atomic mass is 10.1. The Morgan fingerprint density at radius 3 is 1.54 bits per heavy atom.